The van der Waals surface area contributed by atoms with Crippen LogP contribution in [0.15, 0.2) is 24.3 Å². The number of halogens is 1. The average Bonchev–Trinajstić information content (AvgIpc) is 2.69. The van der Waals surface area contributed by atoms with Gasteiger partial charge in [-0.15, -0.1) is 0 Å². The molecular weight excluding hydrogens is 270 g/mol. The molecule has 0 atom stereocenters. The maximum Gasteiger partial charge on any atom is 0.195 e. The van der Waals surface area contributed by atoms with E-state index in [1.807, 2.05) is 36.6 Å². The van der Waals surface area contributed by atoms with E-state index in [-0.39, 0.29) is 6.04 Å². The average molecular weight is 284 g/mol. The number of rotatable bonds is 4. The summed E-state index contributed by atoms with van der Waals surface area (Å²) in [4.78, 5) is 0. The summed E-state index contributed by atoms with van der Waals surface area (Å²) in [5.74, 6) is 1.40. The molecule has 4 nitrogen and oxygen atoms in total. The molecule has 0 aliphatic rings. The van der Waals surface area contributed by atoms with Crippen molar-refractivity contribution in [1.82, 2.24) is 14.8 Å². The molecular formula is C12H14ClN3OS. The van der Waals surface area contributed by atoms with Crippen LogP contribution < -0.4 is 4.74 Å². The van der Waals surface area contributed by atoms with E-state index in [0.29, 0.717) is 22.2 Å². The van der Waals surface area contributed by atoms with Crippen LogP contribution in [0.4, 0.5) is 0 Å². The summed E-state index contributed by atoms with van der Waals surface area (Å²) in [5, 5.41) is 7.52. The van der Waals surface area contributed by atoms with Crippen LogP contribution in [0.5, 0.6) is 5.75 Å². The predicted molar refractivity (Wildman–Crippen MR) is 73.6 cm³/mol. The quantitative estimate of drug-likeness (QED) is 0.869. The van der Waals surface area contributed by atoms with E-state index in [0.717, 1.165) is 5.82 Å². The van der Waals surface area contributed by atoms with Crippen LogP contribution in [0, 0.1) is 4.77 Å². The van der Waals surface area contributed by atoms with Gasteiger partial charge in [-0.1, -0.05) is 23.7 Å². The van der Waals surface area contributed by atoms with Gasteiger partial charge in [0.05, 0.1) is 5.02 Å². The minimum Gasteiger partial charge on any atom is -0.484 e. The van der Waals surface area contributed by atoms with E-state index in [4.69, 9.17) is 28.6 Å². The fourth-order valence-electron chi connectivity index (χ4n) is 1.68. The van der Waals surface area contributed by atoms with Crippen LogP contribution in [-0.2, 0) is 6.61 Å². The Balaban J connectivity index is 2.16. The molecule has 0 aliphatic heterocycles. The number of benzene rings is 1. The molecule has 2 aromatic rings. The molecule has 0 radical (unpaired) electrons. The zero-order valence-electron chi connectivity index (χ0n) is 10.2. The molecule has 1 aromatic heterocycles. The fraction of sp³-hybridized carbons (Fsp3) is 0.333. The minimum absolute atomic E-state index is 0.237. The molecule has 0 spiro atoms. The van der Waals surface area contributed by atoms with Crippen LogP contribution >= 0.6 is 23.8 Å². The van der Waals surface area contributed by atoms with Gasteiger partial charge in [0.1, 0.15) is 12.4 Å². The van der Waals surface area contributed by atoms with Gasteiger partial charge in [0.2, 0.25) is 0 Å². The summed E-state index contributed by atoms with van der Waals surface area (Å²) < 4.78 is 8.17. The molecule has 0 unspecified atom stereocenters. The second-order valence-electron chi connectivity index (χ2n) is 4.13. The Bertz CT molecular complexity index is 591. The second kappa shape index (κ2) is 5.54. The fourth-order valence-corrected chi connectivity index (χ4v) is 2.23. The normalized spacial score (nSPS) is 10.9. The van der Waals surface area contributed by atoms with Gasteiger partial charge < -0.3 is 4.74 Å². The first kappa shape index (κ1) is 13.1. The van der Waals surface area contributed by atoms with Crippen molar-refractivity contribution in [3.8, 4) is 5.75 Å². The van der Waals surface area contributed by atoms with Crippen LogP contribution in [0.25, 0.3) is 0 Å². The number of para-hydroxylation sites is 1. The highest BCUT2D eigenvalue weighted by molar-refractivity contribution is 7.71. The summed E-state index contributed by atoms with van der Waals surface area (Å²) in [6.45, 7) is 4.42. The van der Waals surface area contributed by atoms with Gasteiger partial charge in [-0.3, -0.25) is 9.67 Å². The molecule has 1 aromatic carbocycles. The molecule has 0 fully saturated rings. The Morgan fingerprint density at radius 2 is 2.17 bits per heavy atom. The van der Waals surface area contributed by atoms with Crippen LogP contribution in [0.2, 0.25) is 5.02 Å². The van der Waals surface area contributed by atoms with E-state index >= 15 is 0 Å². The van der Waals surface area contributed by atoms with Crippen LogP contribution in [0.1, 0.15) is 25.7 Å². The molecule has 18 heavy (non-hydrogen) atoms. The Morgan fingerprint density at radius 1 is 1.44 bits per heavy atom. The van der Waals surface area contributed by atoms with Crippen molar-refractivity contribution >= 4 is 23.8 Å². The number of nitrogens with one attached hydrogen (secondary N) is 1. The van der Waals surface area contributed by atoms with Gasteiger partial charge in [0.25, 0.3) is 0 Å². The topological polar surface area (TPSA) is 42.8 Å². The van der Waals surface area contributed by atoms with Crippen molar-refractivity contribution in [2.45, 2.75) is 26.5 Å². The molecule has 0 amide bonds. The van der Waals surface area contributed by atoms with Crippen LogP contribution in [-0.4, -0.2) is 14.8 Å². The maximum absolute atomic E-state index is 6.02. The van der Waals surface area contributed by atoms with Crippen molar-refractivity contribution < 1.29 is 4.74 Å². The van der Waals surface area contributed by atoms with Crippen molar-refractivity contribution in [3.63, 3.8) is 0 Å². The van der Waals surface area contributed by atoms with E-state index < -0.39 is 0 Å². The molecule has 0 bridgehead atoms. The number of aromatic nitrogens is 3. The largest absolute Gasteiger partial charge is 0.484 e. The lowest BCUT2D eigenvalue weighted by Crippen LogP contribution is -2.09. The lowest BCUT2D eigenvalue weighted by molar-refractivity contribution is 0.286. The molecule has 1 N–H and O–H groups in total. The van der Waals surface area contributed by atoms with Gasteiger partial charge in [0.15, 0.2) is 10.6 Å². The van der Waals surface area contributed by atoms with E-state index in [1.165, 1.54) is 0 Å². The zero-order chi connectivity index (χ0) is 13.1. The summed E-state index contributed by atoms with van der Waals surface area (Å²) >= 11 is 11.2. The zero-order valence-corrected chi connectivity index (χ0v) is 11.8. The Labute approximate surface area is 116 Å². The highest BCUT2D eigenvalue weighted by Gasteiger charge is 2.10. The number of hydrogen-bond acceptors (Lipinski definition) is 3. The Morgan fingerprint density at radius 3 is 2.83 bits per heavy atom. The smallest absolute Gasteiger partial charge is 0.195 e. The molecule has 0 saturated carbocycles. The van der Waals surface area contributed by atoms with E-state index in [2.05, 4.69) is 10.2 Å². The highest BCUT2D eigenvalue weighted by Crippen LogP contribution is 2.24. The number of H-pyrrole nitrogens is 1. The number of nitrogens with zero attached hydrogens (tertiary/aromatic N) is 2. The van der Waals surface area contributed by atoms with Gasteiger partial charge in [0, 0.05) is 6.04 Å². The third kappa shape index (κ3) is 2.73. The van der Waals surface area contributed by atoms with Gasteiger partial charge in [-0.25, -0.2) is 0 Å². The Kier molecular flexibility index (Phi) is 4.04. The van der Waals surface area contributed by atoms with E-state index in [9.17, 15) is 0 Å². The molecule has 1 heterocycles. The molecule has 0 aliphatic carbocycles. The standard InChI is InChI=1S/C12H14ClN3OS/c1-8(2)16-11(14-15-12(16)18)7-17-10-6-4-3-5-9(10)13/h3-6,8H,7H2,1-2H3,(H,15,18). The van der Waals surface area contributed by atoms with Crippen molar-refractivity contribution in [2.24, 2.45) is 0 Å². The summed E-state index contributed by atoms with van der Waals surface area (Å²) in [7, 11) is 0. The Hall–Kier alpha value is -1.33. The van der Waals surface area contributed by atoms with Crippen molar-refractivity contribution in [1.29, 1.82) is 0 Å². The lowest BCUT2D eigenvalue weighted by Gasteiger charge is -2.11. The summed E-state index contributed by atoms with van der Waals surface area (Å²) in [6, 6.07) is 7.58. The molecule has 6 heteroatoms. The lowest BCUT2D eigenvalue weighted by atomic mass is 10.3. The predicted octanol–water partition coefficient (Wildman–Crippen LogP) is 3.75. The molecule has 96 valence electrons. The first-order chi connectivity index (χ1) is 8.59. The number of hydrogen-bond donors (Lipinski definition) is 1. The van der Waals surface area contributed by atoms with Crippen molar-refractivity contribution in [2.75, 3.05) is 0 Å². The van der Waals surface area contributed by atoms with E-state index in [1.54, 1.807) is 6.07 Å². The SMILES string of the molecule is CC(C)n1c(COc2ccccc2Cl)n[nH]c1=S. The number of aromatic amines is 1. The first-order valence-electron chi connectivity index (χ1n) is 5.62. The maximum atomic E-state index is 6.02. The van der Waals surface area contributed by atoms with Gasteiger partial charge >= 0.3 is 0 Å². The summed E-state index contributed by atoms with van der Waals surface area (Å²) in [6.07, 6.45) is 0. The summed E-state index contributed by atoms with van der Waals surface area (Å²) in [5.41, 5.74) is 0. The minimum atomic E-state index is 0.237. The second-order valence-corrected chi connectivity index (χ2v) is 4.92. The van der Waals surface area contributed by atoms with Crippen molar-refractivity contribution in [3.05, 3.63) is 39.9 Å². The monoisotopic (exact) mass is 283 g/mol. The first-order valence-corrected chi connectivity index (χ1v) is 6.41. The molecule has 2 rings (SSSR count). The van der Waals surface area contributed by atoms with Crippen LogP contribution in [0.3, 0.4) is 0 Å². The third-order valence-electron chi connectivity index (χ3n) is 2.49. The van der Waals surface area contributed by atoms with Gasteiger partial charge in [-0.05, 0) is 38.2 Å². The highest BCUT2D eigenvalue weighted by atomic mass is 35.5. The van der Waals surface area contributed by atoms with Gasteiger partial charge in [-0.2, -0.15) is 5.10 Å². The molecule has 0 saturated heterocycles. The number of ether oxygens (including phenoxy) is 1. The third-order valence-corrected chi connectivity index (χ3v) is 3.09.